The lowest BCUT2D eigenvalue weighted by molar-refractivity contribution is -0.136. The summed E-state index contributed by atoms with van der Waals surface area (Å²) in [5, 5.41) is 8.86. The average Bonchev–Trinajstić information content (AvgIpc) is 2.79. The second-order valence-corrected chi connectivity index (χ2v) is 8.75. The van der Waals surface area contributed by atoms with Crippen LogP contribution < -0.4 is 9.47 Å². The highest BCUT2D eigenvalue weighted by molar-refractivity contribution is 7.99. The fourth-order valence-corrected chi connectivity index (χ4v) is 4.22. The van der Waals surface area contributed by atoms with Gasteiger partial charge in [0, 0.05) is 17.1 Å². The van der Waals surface area contributed by atoms with Gasteiger partial charge < -0.3 is 14.6 Å². The van der Waals surface area contributed by atoms with Crippen LogP contribution in [0.3, 0.4) is 0 Å². The first-order valence-corrected chi connectivity index (χ1v) is 12.0. The van der Waals surface area contributed by atoms with Crippen LogP contribution in [0.2, 0.25) is 0 Å². The molecule has 3 aromatic carbocycles. The first-order chi connectivity index (χ1) is 15.5. The largest absolute Gasteiger partial charge is 0.490 e. The zero-order valence-electron chi connectivity index (χ0n) is 18.7. The van der Waals surface area contributed by atoms with E-state index in [1.165, 1.54) is 10.5 Å². The van der Waals surface area contributed by atoms with Gasteiger partial charge in [-0.3, -0.25) is 4.79 Å². The second-order valence-electron chi connectivity index (χ2n) is 7.58. The Morgan fingerprint density at radius 3 is 2.53 bits per heavy atom. The molecular formula is C27H30O4S. The molecule has 0 saturated heterocycles. The van der Waals surface area contributed by atoms with Crippen LogP contribution >= 0.6 is 11.8 Å². The summed E-state index contributed by atoms with van der Waals surface area (Å²) in [5.41, 5.74) is 3.45. The summed E-state index contributed by atoms with van der Waals surface area (Å²) in [5.74, 6) is 2.48. The summed E-state index contributed by atoms with van der Waals surface area (Å²) in [6.07, 6.45) is 2.59. The fraction of sp³-hybridized carbons (Fsp3) is 0.296. The standard InChI is InChI=1S/C27H30O4S/c1-3-21-10-14-25(26(19-21)31-23-8-5-4-6-9-23)30-16-7-17-32-24-13-11-22(20(2)18-24)12-15-27(28)29/h4-6,8-11,13-14,18-19H,3,7,12,15-17H2,1-2H3,(H,28,29). The molecule has 1 N–H and O–H groups in total. The predicted octanol–water partition coefficient (Wildman–Crippen LogP) is 6.93. The molecule has 0 aliphatic rings. The van der Waals surface area contributed by atoms with Crippen LogP contribution in [-0.4, -0.2) is 23.4 Å². The minimum Gasteiger partial charge on any atom is -0.490 e. The van der Waals surface area contributed by atoms with Crippen LogP contribution in [0.15, 0.2) is 71.6 Å². The van der Waals surface area contributed by atoms with Gasteiger partial charge in [0.1, 0.15) is 5.75 Å². The molecule has 0 spiro atoms. The van der Waals surface area contributed by atoms with E-state index >= 15 is 0 Å². The molecule has 0 aliphatic heterocycles. The first kappa shape index (κ1) is 23.7. The monoisotopic (exact) mass is 450 g/mol. The van der Waals surface area contributed by atoms with Gasteiger partial charge >= 0.3 is 5.97 Å². The van der Waals surface area contributed by atoms with Crippen molar-refractivity contribution in [3.8, 4) is 17.2 Å². The maximum atomic E-state index is 10.8. The van der Waals surface area contributed by atoms with Crippen LogP contribution in [-0.2, 0) is 17.6 Å². The van der Waals surface area contributed by atoms with Gasteiger partial charge in [-0.05, 0) is 79.3 Å². The Bertz CT molecular complexity index is 1020. The Balaban J connectivity index is 1.50. The van der Waals surface area contributed by atoms with Crippen molar-refractivity contribution < 1.29 is 19.4 Å². The molecule has 4 nitrogen and oxygen atoms in total. The molecule has 3 aromatic rings. The SMILES string of the molecule is CCc1ccc(OCCCSc2ccc(CCC(=O)O)c(C)c2)c(Oc2ccccc2)c1. The molecule has 5 heteroatoms. The van der Waals surface area contributed by atoms with Crippen LogP contribution in [0, 0.1) is 6.92 Å². The number of rotatable bonds is 12. The number of hydrogen-bond acceptors (Lipinski definition) is 4. The number of carbonyl (C=O) groups is 1. The molecule has 32 heavy (non-hydrogen) atoms. The van der Waals surface area contributed by atoms with Gasteiger partial charge in [0.05, 0.1) is 6.61 Å². The van der Waals surface area contributed by atoms with Gasteiger partial charge in [-0.25, -0.2) is 0 Å². The molecular weight excluding hydrogens is 420 g/mol. The van der Waals surface area contributed by atoms with Gasteiger partial charge in [-0.2, -0.15) is 0 Å². The van der Waals surface area contributed by atoms with Gasteiger partial charge in [-0.1, -0.05) is 37.3 Å². The third-order valence-electron chi connectivity index (χ3n) is 5.12. The fourth-order valence-electron chi connectivity index (χ4n) is 3.30. The molecule has 0 aliphatic carbocycles. The summed E-state index contributed by atoms with van der Waals surface area (Å²) in [7, 11) is 0. The minimum absolute atomic E-state index is 0.167. The highest BCUT2D eigenvalue weighted by Gasteiger charge is 2.08. The van der Waals surface area contributed by atoms with Crippen molar-refractivity contribution in [2.75, 3.05) is 12.4 Å². The lowest BCUT2D eigenvalue weighted by Gasteiger charge is -2.14. The quantitative estimate of drug-likeness (QED) is 0.239. The number of carboxylic acids is 1. The third-order valence-corrected chi connectivity index (χ3v) is 6.20. The molecule has 0 fully saturated rings. The van der Waals surface area contributed by atoms with Crippen molar-refractivity contribution in [3.05, 3.63) is 83.4 Å². The molecule has 0 amide bonds. The zero-order chi connectivity index (χ0) is 22.8. The predicted molar refractivity (Wildman–Crippen MR) is 130 cm³/mol. The summed E-state index contributed by atoms with van der Waals surface area (Å²) in [4.78, 5) is 12.0. The van der Waals surface area contributed by atoms with E-state index in [0.717, 1.165) is 47.0 Å². The van der Waals surface area contributed by atoms with E-state index in [9.17, 15) is 4.79 Å². The zero-order valence-corrected chi connectivity index (χ0v) is 19.5. The maximum absolute atomic E-state index is 10.8. The normalized spacial score (nSPS) is 10.7. The van der Waals surface area contributed by atoms with E-state index in [1.807, 2.05) is 55.5 Å². The minimum atomic E-state index is -0.760. The maximum Gasteiger partial charge on any atom is 0.303 e. The van der Waals surface area contributed by atoms with E-state index in [2.05, 4.69) is 25.1 Å². The molecule has 3 rings (SSSR count). The molecule has 0 radical (unpaired) electrons. The van der Waals surface area contributed by atoms with Crippen molar-refractivity contribution in [2.24, 2.45) is 0 Å². The number of hydrogen-bond donors (Lipinski definition) is 1. The number of aliphatic carboxylic acids is 1. The van der Waals surface area contributed by atoms with Crippen LogP contribution in [0.1, 0.15) is 36.5 Å². The molecule has 0 atom stereocenters. The van der Waals surface area contributed by atoms with Gasteiger partial charge in [-0.15, -0.1) is 11.8 Å². The molecule has 168 valence electrons. The Labute approximate surface area is 194 Å². The number of carboxylic acid groups (broad SMARTS) is 1. The van der Waals surface area contributed by atoms with E-state index < -0.39 is 5.97 Å². The van der Waals surface area contributed by atoms with Crippen LogP contribution in [0.5, 0.6) is 17.2 Å². The third kappa shape index (κ3) is 7.34. The Morgan fingerprint density at radius 2 is 1.81 bits per heavy atom. The highest BCUT2D eigenvalue weighted by atomic mass is 32.2. The van der Waals surface area contributed by atoms with Crippen molar-refractivity contribution >= 4 is 17.7 Å². The number of benzene rings is 3. The Hall–Kier alpha value is -2.92. The molecule has 0 heterocycles. The number of thioether (sulfide) groups is 1. The van der Waals surface area contributed by atoms with E-state index in [1.54, 1.807) is 11.8 Å². The Kier molecular flexibility index (Phi) is 9.05. The highest BCUT2D eigenvalue weighted by Crippen LogP contribution is 2.33. The summed E-state index contributed by atoms with van der Waals surface area (Å²) >= 11 is 1.79. The first-order valence-electron chi connectivity index (χ1n) is 11.0. The number of ether oxygens (including phenoxy) is 2. The van der Waals surface area contributed by atoms with Crippen molar-refractivity contribution in [1.82, 2.24) is 0 Å². The average molecular weight is 451 g/mol. The van der Waals surface area contributed by atoms with Crippen molar-refractivity contribution in [2.45, 2.75) is 44.4 Å². The summed E-state index contributed by atoms with van der Waals surface area (Å²) in [6, 6.07) is 22.1. The lowest BCUT2D eigenvalue weighted by Crippen LogP contribution is -2.01. The lowest BCUT2D eigenvalue weighted by atomic mass is 10.0. The summed E-state index contributed by atoms with van der Waals surface area (Å²) in [6.45, 7) is 4.78. The van der Waals surface area contributed by atoms with E-state index in [4.69, 9.17) is 14.6 Å². The molecule has 0 saturated carbocycles. The van der Waals surface area contributed by atoms with E-state index in [0.29, 0.717) is 13.0 Å². The smallest absolute Gasteiger partial charge is 0.303 e. The van der Waals surface area contributed by atoms with Crippen LogP contribution in [0.4, 0.5) is 0 Å². The van der Waals surface area contributed by atoms with Gasteiger partial charge in [0.2, 0.25) is 0 Å². The van der Waals surface area contributed by atoms with Gasteiger partial charge in [0.25, 0.3) is 0 Å². The van der Waals surface area contributed by atoms with Gasteiger partial charge in [0.15, 0.2) is 11.5 Å². The van der Waals surface area contributed by atoms with E-state index in [-0.39, 0.29) is 6.42 Å². The summed E-state index contributed by atoms with van der Waals surface area (Å²) < 4.78 is 12.1. The Morgan fingerprint density at radius 1 is 1.00 bits per heavy atom. The van der Waals surface area contributed by atoms with Crippen LogP contribution in [0.25, 0.3) is 0 Å². The van der Waals surface area contributed by atoms with Crippen molar-refractivity contribution in [3.63, 3.8) is 0 Å². The second kappa shape index (κ2) is 12.2. The topological polar surface area (TPSA) is 55.8 Å². The molecule has 0 unspecified atom stereocenters. The van der Waals surface area contributed by atoms with Crippen molar-refractivity contribution in [1.29, 1.82) is 0 Å². The molecule has 0 aromatic heterocycles. The molecule has 0 bridgehead atoms. The number of para-hydroxylation sites is 1. The number of aryl methyl sites for hydroxylation is 3.